The molecule has 0 spiro atoms. The first kappa shape index (κ1) is 16.5. The van der Waals surface area contributed by atoms with Crippen molar-refractivity contribution in [1.82, 2.24) is 10.3 Å². The minimum absolute atomic E-state index is 0.0227. The van der Waals surface area contributed by atoms with Gasteiger partial charge in [0.1, 0.15) is 5.15 Å². The molecule has 0 aliphatic rings. The normalized spacial score (nSPS) is 12.3. The van der Waals surface area contributed by atoms with E-state index < -0.39 is 5.91 Å². The van der Waals surface area contributed by atoms with Crippen molar-refractivity contribution in [3.8, 4) is 5.75 Å². The van der Waals surface area contributed by atoms with Gasteiger partial charge in [-0.1, -0.05) is 42.3 Å². The molecule has 118 valence electrons. The van der Waals surface area contributed by atoms with Crippen LogP contribution >= 0.6 is 11.6 Å². The second-order valence-corrected chi connectivity index (χ2v) is 5.66. The average molecular weight is 322 g/mol. The Morgan fingerprint density at radius 1 is 1.36 bits per heavy atom. The molecule has 1 aromatic carbocycles. The Hall–Kier alpha value is -1.85. The zero-order valence-corrected chi connectivity index (χ0v) is 13.2. The van der Waals surface area contributed by atoms with E-state index in [1.54, 1.807) is 24.3 Å². The average Bonchev–Trinajstić information content (AvgIpc) is 2.51. The smallest absolute Gasteiger partial charge is 0.274 e. The molecule has 0 bridgehead atoms. The lowest BCUT2D eigenvalue weighted by Crippen LogP contribution is -2.33. The topological polar surface area (TPSA) is 88.2 Å². The lowest BCUT2D eigenvalue weighted by atomic mass is 10.1. The number of amides is 1. The summed E-state index contributed by atoms with van der Waals surface area (Å²) in [6.45, 7) is 2.55. The van der Waals surface area contributed by atoms with Crippen LogP contribution in [0.25, 0.3) is 10.8 Å². The molecule has 4 N–H and O–H groups in total. The van der Waals surface area contributed by atoms with Gasteiger partial charge in [-0.15, -0.1) is 0 Å². The maximum atomic E-state index is 12.3. The highest BCUT2D eigenvalue weighted by atomic mass is 35.5. The summed E-state index contributed by atoms with van der Waals surface area (Å²) in [5.74, 6) is -0.572. The van der Waals surface area contributed by atoms with Gasteiger partial charge in [-0.05, 0) is 26.3 Å². The molecule has 6 heteroatoms. The van der Waals surface area contributed by atoms with Crippen molar-refractivity contribution < 1.29 is 9.90 Å². The van der Waals surface area contributed by atoms with Crippen LogP contribution in [0.5, 0.6) is 5.75 Å². The standard InChI is InChI=1S/C16H20ClN3O2/c1-10(6-4-5-9-18)19-16(22)13-14(21)11-7-2-3-8-12(11)15(17)20-13/h2-3,7-8,10,21H,4-6,9,18H2,1H3,(H,19,22)/t10-/m1/s1. The summed E-state index contributed by atoms with van der Waals surface area (Å²) in [6, 6.07) is 7.01. The van der Waals surface area contributed by atoms with Crippen LogP contribution in [0.4, 0.5) is 0 Å². The lowest BCUT2D eigenvalue weighted by Gasteiger charge is -2.14. The van der Waals surface area contributed by atoms with Crippen molar-refractivity contribution in [3.05, 3.63) is 35.1 Å². The van der Waals surface area contributed by atoms with E-state index in [1.807, 2.05) is 6.92 Å². The van der Waals surface area contributed by atoms with E-state index in [9.17, 15) is 9.90 Å². The quantitative estimate of drug-likeness (QED) is 0.564. The van der Waals surface area contributed by atoms with Crippen LogP contribution < -0.4 is 11.1 Å². The van der Waals surface area contributed by atoms with E-state index in [4.69, 9.17) is 17.3 Å². The van der Waals surface area contributed by atoms with Crippen LogP contribution in [0.15, 0.2) is 24.3 Å². The number of nitrogens with zero attached hydrogens (tertiary/aromatic N) is 1. The molecular formula is C16H20ClN3O2. The zero-order valence-electron chi connectivity index (χ0n) is 12.5. The Labute approximate surface area is 134 Å². The number of carbonyl (C=O) groups excluding carboxylic acids is 1. The highest BCUT2D eigenvalue weighted by Gasteiger charge is 2.19. The van der Waals surface area contributed by atoms with Gasteiger partial charge in [0.05, 0.1) is 0 Å². The third-order valence-electron chi connectivity index (χ3n) is 3.52. The third-order valence-corrected chi connectivity index (χ3v) is 3.81. The Kier molecular flexibility index (Phi) is 5.57. The SMILES string of the molecule is C[C@H](CCCCN)NC(=O)c1nc(Cl)c2ccccc2c1O. The number of benzene rings is 1. The second-order valence-electron chi connectivity index (χ2n) is 5.30. The van der Waals surface area contributed by atoms with E-state index >= 15 is 0 Å². The molecule has 1 atom stereocenters. The van der Waals surface area contributed by atoms with Crippen molar-refractivity contribution in [2.75, 3.05) is 6.54 Å². The molecule has 0 fully saturated rings. The van der Waals surface area contributed by atoms with E-state index in [0.717, 1.165) is 19.3 Å². The lowest BCUT2D eigenvalue weighted by molar-refractivity contribution is 0.0930. The Balaban J connectivity index is 2.20. The predicted octanol–water partition coefficient (Wildman–Crippen LogP) is 2.84. The van der Waals surface area contributed by atoms with Gasteiger partial charge in [0.15, 0.2) is 11.4 Å². The first-order valence-electron chi connectivity index (χ1n) is 7.32. The fourth-order valence-electron chi connectivity index (χ4n) is 2.33. The molecule has 1 aromatic heterocycles. The Morgan fingerprint density at radius 3 is 2.73 bits per heavy atom. The van der Waals surface area contributed by atoms with Gasteiger partial charge in [0.25, 0.3) is 5.91 Å². The van der Waals surface area contributed by atoms with Gasteiger partial charge in [0.2, 0.25) is 0 Å². The third kappa shape index (κ3) is 3.67. The van der Waals surface area contributed by atoms with E-state index in [0.29, 0.717) is 17.3 Å². The Morgan fingerprint density at radius 2 is 2.05 bits per heavy atom. The highest BCUT2D eigenvalue weighted by Crippen LogP contribution is 2.31. The van der Waals surface area contributed by atoms with Gasteiger partial charge in [-0.2, -0.15) is 0 Å². The molecule has 0 aliphatic carbocycles. The number of fused-ring (bicyclic) bond motifs is 1. The number of pyridine rings is 1. The number of nitrogens with two attached hydrogens (primary N) is 1. The van der Waals surface area contributed by atoms with Gasteiger partial charge >= 0.3 is 0 Å². The zero-order chi connectivity index (χ0) is 16.1. The molecule has 2 rings (SSSR count). The molecule has 0 saturated heterocycles. The predicted molar refractivity (Wildman–Crippen MR) is 88.3 cm³/mol. The first-order chi connectivity index (χ1) is 10.5. The van der Waals surface area contributed by atoms with Crippen LogP contribution in [0.2, 0.25) is 5.15 Å². The van der Waals surface area contributed by atoms with E-state index in [2.05, 4.69) is 10.3 Å². The fourth-order valence-corrected chi connectivity index (χ4v) is 2.58. The van der Waals surface area contributed by atoms with E-state index in [1.165, 1.54) is 0 Å². The number of hydrogen-bond acceptors (Lipinski definition) is 4. The van der Waals surface area contributed by atoms with E-state index in [-0.39, 0.29) is 22.6 Å². The molecule has 0 unspecified atom stereocenters. The van der Waals surface area contributed by atoms with Gasteiger partial charge < -0.3 is 16.2 Å². The van der Waals surface area contributed by atoms with Crippen LogP contribution in [0.1, 0.15) is 36.7 Å². The summed E-state index contributed by atoms with van der Waals surface area (Å²) in [4.78, 5) is 16.3. The molecule has 22 heavy (non-hydrogen) atoms. The van der Waals surface area contributed by atoms with Crippen molar-refractivity contribution in [1.29, 1.82) is 0 Å². The Bertz CT molecular complexity index is 676. The minimum atomic E-state index is -0.426. The van der Waals surface area contributed by atoms with Gasteiger partial charge in [0, 0.05) is 16.8 Å². The van der Waals surface area contributed by atoms with Crippen LogP contribution in [0.3, 0.4) is 0 Å². The molecule has 0 saturated carbocycles. The monoisotopic (exact) mass is 321 g/mol. The van der Waals surface area contributed by atoms with Gasteiger partial charge in [-0.3, -0.25) is 4.79 Å². The number of unbranched alkanes of at least 4 members (excludes halogenated alkanes) is 1. The van der Waals surface area contributed by atoms with Crippen LogP contribution in [-0.2, 0) is 0 Å². The number of hydrogen-bond donors (Lipinski definition) is 3. The first-order valence-corrected chi connectivity index (χ1v) is 7.70. The molecular weight excluding hydrogens is 302 g/mol. The molecule has 0 aliphatic heterocycles. The summed E-state index contributed by atoms with van der Waals surface area (Å²) in [6.07, 6.45) is 2.69. The molecule has 1 amide bonds. The minimum Gasteiger partial charge on any atom is -0.505 e. The number of halogens is 1. The summed E-state index contributed by atoms with van der Waals surface area (Å²) < 4.78 is 0. The summed E-state index contributed by atoms with van der Waals surface area (Å²) in [5.41, 5.74) is 5.40. The van der Waals surface area contributed by atoms with Crippen LogP contribution in [0, 0.1) is 0 Å². The molecule has 1 heterocycles. The number of aromatic nitrogens is 1. The van der Waals surface area contributed by atoms with Gasteiger partial charge in [-0.25, -0.2) is 4.98 Å². The molecule has 5 nitrogen and oxygen atoms in total. The van der Waals surface area contributed by atoms with Crippen LogP contribution in [-0.4, -0.2) is 28.6 Å². The number of rotatable bonds is 6. The number of aromatic hydroxyl groups is 1. The maximum Gasteiger partial charge on any atom is 0.274 e. The molecule has 0 radical (unpaired) electrons. The fraction of sp³-hybridized carbons (Fsp3) is 0.375. The number of nitrogens with one attached hydrogen (secondary N) is 1. The number of carbonyl (C=O) groups is 1. The van der Waals surface area contributed by atoms with Crippen molar-refractivity contribution in [2.24, 2.45) is 5.73 Å². The maximum absolute atomic E-state index is 12.3. The summed E-state index contributed by atoms with van der Waals surface area (Å²) in [5, 5.41) is 14.4. The van der Waals surface area contributed by atoms with Crippen molar-refractivity contribution in [3.63, 3.8) is 0 Å². The summed E-state index contributed by atoms with van der Waals surface area (Å²) >= 11 is 6.10. The largest absolute Gasteiger partial charge is 0.505 e. The molecule has 2 aromatic rings. The van der Waals surface area contributed by atoms with Crippen molar-refractivity contribution >= 4 is 28.3 Å². The second kappa shape index (κ2) is 7.42. The van der Waals surface area contributed by atoms with Crippen molar-refractivity contribution in [2.45, 2.75) is 32.2 Å². The highest BCUT2D eigenvalue weighted by molar-refractivity contribution is 6.34. The summed E-state index contributed by atoms with van der Waals surface area (Å²) in [7, 11) is 0.